The lowest BCUT2D eigenvalue weighted by atomic mass is 10.1. The average Bonchev–Trinajstić information content (AvgIpc) is 2.26. The Bertz CT molecular complexity index is 311. The number of rotatable bonds is 4. The van der Waals surface area contributed by atoms with Gasteiger partial charge in [0, 0.05) is 12.2 Å². The summed E-state index contributed by atoms with van der Waals surface area (Å²) in [6, 6.07) is 9.21. The quantitative estimate of drug-likeness (QED) is 0.823. The third kappa shape index (κ3) is 3.27. The maximum Gasteiger partial charge on any atom is 0.411 e. The van der Waals surface area contributed by atoms with E-state index in [1.165, 1.54) is 4.90 Å². The van der Waals surface area contributed by atoms with Crippen molar-refractivity contribution in [3.8, 4) is 0 Å². The number of carbonyl (C=O) groups is 1. The Hall–Kier alpha value is -1.51. The molecule has 1 atom stereocenters. The van der Waals surface area contributed by atoms with Crippen molar-refractivity contribution in [1.29, 1.82) is 0 Å². The summed E-state index contributed by atoms with van der Waals surface area (Å²) in [5, 5.41) is 9.10. The van der Waals surface area contributed by atoms with Gasteiger partial charge in [-0.25, -0.2) is 4.79 Å². The molecule has 1 rings (SSSR count). The van der Waals surface area contributed by atoms with Crippen molar-refractivity contribution in [2.45, 2.75) is 20.3 Å². The molecule has 0 radical (unpaired) electrons. The average molecular weight is 207 g/mol. The maximum absolute atomic E-state index is 11.1. The highest BCUT2D eigenvalue weighted by atomic mass is 16.4. The maximum atomic E-state index is 11.1. The molecular formula is C12H17NO2. The third-order valence-electron chi connectivity index (χ3n) is 2.49. The molecule has 0 spiro atoms. The Morgan fingerprint density at radius 2 is 2.00 bits per heavy atom. The second-order valence-corrected chi connectivity index (χ2v) is 3.74. The first-order valence-corrected chi connectivity index (χ1v) is 5.20. The summed E-state index contributed by atoms with van der Waals surface area (Å²) in [5.74, 6) is 0.376. The summed E-state index contributed by atoms with van der Waals surface area (Å²) in [7, 11) is 0. The van der Waals surface area contributed by atoms with Gasteiger partial charge in [-0.1, -0.05) is 38.5 Å². The molecule has 0 aliphatic carbocycles. The van der Waals surface area contributed by atoms with E-state index < -0.39 is 6.09 Å². The summed E-state index contributed by atoms with van der Waals surface area (Å²) in [6.45, 7) is 4.67. The predicted molar refractivity (Wildman–Crippen MR) is 61.3 cm³/mol. The number of para-hydroxylation sites is 1. The number of hydrogen-bond donors (Lipinski definition) is 1. The Morgan fingerprint density at radius 3 is 2.47 bits per heavy atom. The molecule has 0 aliphatic rings. The second kappa shape index (κ2) is 5.39. The Kier molecular flexibility index (Phi) is 4.16. The zero-order valence-corrected chi connectivity index (χ0v) is 9.18. The van der Waals surface area contributed by atoms with Crippen molar-refractivity contribution in [2.75, 3.05) is 11.4 Å². The molecule has 82 valence electrons. The molecule has 0 heterocycles. The van der Waals surface area contributed by atoms with E-state index in [0.29, 0.717) is 12.5 Å². The van der Waals surface area contributed by atoms with Crippen molar-refractivity contribution < 1.29 is 9.90 Å². The van der Waals surface area contributed by atoms with Gasteiger partial charge < -0.3 is 5.11 Å². The van der Waals surface area contributed by atoms with Crippen LogP contribution in [0.2, 0.25) is 0 Å². The monoisotopic (exact) mass is 207 g/mol. The largest absolute Gasteiger partial charge is 0.465 e. The summed E-state index contributed by atoms with van der Waals surface area (Å²) >= 11 is 0. The minimum Gasteiger partial charge on any atom is -0.465 e. The Balaban J connectivity index is 2.80. The minimum absolute atomic E-state index is 0.376. The number of nitrogens with zero attached hydrogens (tertiary/aromatic N) is 1. The molecule has 3 nitrogen and oxygen atoms in total. The molecule has 15 heavy (non-hydrogen) atoms. The minimum atomic E-state index is -0.887. The standard InChI is InChI=1S/C12H17NO2/c1-3-10(2)9-13(12(14)15)11-7-5-4-6-8-11/h4-8,10H,3,9H2,1-2H3,(H,14,15). The first kappa shape index (κ1) is 11.6. The van der Waals surface area contributed by atoms with E-state index in [0.717, 1.165) is 12.1 Å². The molecule has 0 bridgehead atoms. The molecule has 0 saturated carbocycles. The van der Waals surface area contributed by atoms with Gasteiger partial charge in [-0.3, -0.25) is 4.90 Å². The Morgan fingerprint density at radius 1 is 1.40 bits per heavy atom. The van der Waals surface area contributed by atoms with Crippen LogP contribution >= 0.6 is 0 Å². The van der Waals surface area contributed by atoms with Crippen LogP contribution < -0.4 is 4.90 Å². The fourth-order valence-corrected chi connectivity index (χ4v) is 1.34. The summed E-state index contributed by atoms with van der Waals surface area (Å²) in [4.78, 5) is 12.5. The molecule has 1 N–H and O–H groups in total. The van der Waals surface area contributed by atoms with Gasteiger partial charge in [0.15, 0.2) is 0 Å². The highest BCUT2D eigenvalue weighted by Gasteiger charge is 2.15. The lowest BCUT2D eigenvalue weighted by Crippen LogP contribution is -2.33. The molecule has 0 fully saturated rings. The first-order valence-electron chi connectivity index (χ1n) is 5.20. The highest BCUT2D eigenvalue weighted by molar-refractivity contribution is 5.85. The van der Waals surface area contributed by atoms with E-state index in [1.807, 2.05) is 30.3 Å². The SMILES string of the molecule is CCC(C)CN(C(=O)O)c1ccccc1. The van der Waals surface area contributed by atoms with Gasteiger partial charge >= 0.3 is 6.09 Å². The summed E-state index contributed by atoms with van der Waals surface area (Å²) in [6.07, 6.45) is 0.0953. The van der Waals surface area contributed by atoms with Crippen LogP contribution in [0.1, 0.15) is 20.3 Å². The summed E-state index contributed by atoms with van der Waals surface area (Å²) < 4.78 is 0. The van der Waals surface area contributed by atoms with Crippen LogP contribution in [-0.4, -0.2) is 17.7 Å². The van der Waals surface area contributed by atoms with Crippen LogP contribution in [0, 0.1) is 5.92 Å². The van der Waals surface area contributed by atoms with Crippen LogP contribution in [0.4, 0.5) is 10.5 Å². The van der Waals surface area contributed by atoms with Crippen LogP contribution in [0.15, 0.2) is 30.3 Å². The fraction of sp³-hybridized carbons (Fsp3) is 0.417. The predicted octanol–water partition coefficient (Wildman–Crippen LogP) is 3.22. The molecule has 1 aromatic carbocycles. The molecule has 3 heteroatoms. The zero-order chi connectivity index (χ0) is 11.3. The van der Waals surface area contributed by atoms with Crippen LogP contribution in [0.5, 0.6) is 0 Å². The number of carboxylic acid groups (broad SMARTS) is 1. The van der Waals surface area contributed by atoms with E-state index in [1.54, 1.807) is 0 Å². The van der Waals surface area contributed by atoms with Gasteiger partial charge in [0.1, 0.15) is 0 Å². The van der Waals surface area contributed by atoms with Crippen molar-refractivity contribution in [3.05, 3.63) is 30.3 Å². The number of hydrogen-bond acceptors (Lipinski definition) is 1. The topological polar surface area (TPSA) is 40.5 Å². The lowest BCUT2D eigenvalue weighted by Gasteiger charge is -2.22. The molecule has 1 aromatic rings. The van der Waals surface area contributed by atoms with Gasteiger partial charge in [-0.05, 0) is 18.1 Å². The number of anilines is 1. The van der Waals surface area contributed by atoms with Gasteiger partial charge in [0.2, 0.25) is 0 Å². The molecule has 0 aliphatic heterocycles. The van der Waals surface area contributed by atoms with Gasteiger partial charge in [-0.2, -0.15) is 0 Å². The van der Waals surface area contributed by atoms with Gasteiger partial charge in [0.05, 0.1) is 0 Å². The van der Waals surface area contributed by atoms with Crippen molar-refractivity contribution in [3.63, 3.8) is 0 Å². The van der Waals surface area contributed by atoms with E-state index in [2.05, 4.69) is 13.8 Å². The van der Waals surface area contributed by atoms with Crippen LogP contribution in [-0.2, 0) is 0 Å². The van der Waals surface area contributed by atoms with E-state index >= 15 is 0 Å². The zero-order valence-electron chi connectivity index (χ0n) is 9.18. The van der Waals surface area contributed by atoms with E-state index in [4.69, 9.17) is 5.11 Å². The van der Waals surface area contributed by atoms with Crippen molar-refractivity contribution in [1.82, 2.24) is 0 Å². The van der Waals surface area contributed by atoms with E-state index in [9.17, 15) is 4.79 Å². The molecule has 1 unspecified atom stereocenters. The van der Waals surface area contributed by atoms with Crippen LogP contribution in [0.25, 0.3) is 0 Å². The van der Waals surface area contributed by atoms with E-state index in [-0.39, 0.29) is 0 Å². The van der Waals surface area contributed by atoms with Crippen molar-refractivity contribution in [2.24, 2.45) is 5.92 Å². The number of benzene rings is 1. The second-order valence-electron chi connectivity index (χ2n) is 3.74. The number of amides is 1. The fourth-order valence-electron chi connectivity index (χ4n) is 1.34. The molecule has 0 aromatic heterocycles. The Labute approximate surface area is 90.3 Å². The highest BCUT2D eigenvalue weighted by Crippen LogP contribution is 2.16. The lowest BCUT2D eigenvalue weighted by molar-refractivity contribution is 0.200. The molecule has 0 saturated heterocycles. The van der Waals surface area contributed by atoms with Gasteiger partial charge in [0.25, 0.3) is 0 Å². The third-order valence-corrected chi connectivity index (χ3v) is 2.49. The van der Waals surface area contributed by atoms with Crippen molar-refractivity contribution >= 4 is 11.8 Å². The first-order chi connectivity index (χ1) is 7.15. The molecular weight excluding hydrogens is 190 g/mol. The van der Waals surface area contributed by atoms with Crippen LogP contribution in [0.3, 0.4) is 0 Å². The molecule has 1 amide bonds. The normalized spacial score (nSPS) is 12.1. The van der Waals surface area contributed by atoms with Gasteiger partial charge in [-0.15, -0.1) is 0 Å². The summed E-state index contributed by atoms with van der Waals surface area (Å²) in [5.41, 5.74) is 0.741. The smallest absolute Gasteiger partial charge is 0.411 e.